The van der Waals surface area contributed by atoms with Crippen LogP contribution in [0.1, 0.15) is 11.4 Å². The number of carbonyl (C=O) groups is 3. The van der Waals surface area contributed by atoms with Gasteiger partial charge < -0.3 is 37.3 Å². The molecule has 39 heavy (non-hydrogen) atoms. The number of aliphatic carboxylic acids is 1. The minimum Gasteiger partial charge on any atom is -0.543 e. The third kappa shape index (κ3) is 5.50. The van der Waals surface area contributed by atoms with Crippen molar-refractivity contribution in [1.29, 1.82) is 0 Å². The van der Waals surface area contributed by atoms with Gasteiger partial charge in [-0.2, -0.15) is 0 Å². The molecule has 1 unspecified atom stereocenters. The number of carboxylic acid groups (broad SMARTS) is 1. The number of β-lactam (4-membered cyclic amide) rings is 1. The fraction of sp³-hybridized carbons (Fsp3) is 0.227. The molecule has 0 spiro atoms. The molecule has 2 atom stereocenters. The molecule has 0 aliphatic carbocycles. The number of nitrogens with one attached hydrogen (secondary N) is 1. The van der Waals surface area contributed by atoms with Crippen LogP contribution >= 0.6 is 34.4 Å². The summed E-state index contributed by atoms with van der Waals surface area (Å²) in [5.41, 5.74) is 18.4. The predicted octanol–water partition coefficient (Wildman–Crippen LogP) is -1.34. The molecule has 17 heteroatoms. The van der Waals surface area contributed by atoms with Gasteiger partial charge in [-0.05, 0) is 0 Å². The van der Waals surface area contributed by atoms with Crippen LogP contribution in [0.5, 0.6) is 0 Å². The number of fused-ring (bicyclic) bond motifs is 1. The lowest BCUT2D eigenvalue weighted by Gasteiger charge is -2.50. The monoisotopic (exact) mass is 587 g/mol. The summed E-state index contributed by atoms with van der Waals surface area (Å²) in [7, 11) is 0. The van der Waals surface area contributed by atoms with Crippen molar-refractivity contribution in [1.82, 2.24) is 20.2 Å². The maximum absolute atomic E-state index is 13.2. The first kappa shape index (κ1) is 26.4. The average Bonchev–Trinajstić information content (AvgIpc) is 3.53. The van der Waals surface area contributed by atoms with Gasteiger partial charge >= 0.3 is 0 Å². The molecular weight excluding hydrogens is 567 g/mol. The fourth-order valence-corrected chi connectivity index (χ4v) is 6.38. The number of pyridine rings is 1. The van der Waals surface area contributed by atoms with E-state index < -0.39 is 29.2 Å². The number of nitrogens with zero attached hydrogens (tertiary/aromatic N) is 5. The van der Waals surface area contributed by atoms with Crippen LogP contribution in [0.25, 0.3) is 0 Å². The zero-order chi connectivity index (χ0) is 27.7. The summed E-state index contributed by atoms with van der Waals surface area (Å²) in [4.78, 5) is 52.9. The second-order valence-electron chi connectivity index (χ2n) is 8.37. The van der Waals surface area contributed by atoms with E-state index in [0.717, 1.165) is 16.2 Å². The van der Waals surface area contributed by atoms with Gasteiger partial charge in [-0.15, -0.1) is 34.4 Å². The number of thiazole rings is 2. The number of rotatable bonds is 9. The van der Waals surface area contributed by atoms with Crippen molar-refractivity contribution in [3.05, 3.63) is 57.9 Å². The molecule has 14 nitrogen and oxygen atoms in total. The summed E-state index contributed by atoms with van der Waals surface area (Å²) >= 11 is 3.66. The molecule has 5 heterocycles. The smallest absolute Gasteiger partial charge is 0.276 e. The minimum absolute atomic E-state index is 0.0483. The van der Waals surface area contributed by atoms with Crippen molar-refractivity contribution < 1.29 is 28.9 Å². The van der Waals surface area contributed by atoms with Crippen LogP contribution in [0.3, 0.4) is 0 Å². The van der Waals surface area contributed by atoms with E-state index in [-0.39, 0.29) is 35.4 Å². The van der Waals surface area contributed by atoms with E-state index in [9.17, 15) is 19.5 Å². The highest BCUT2D eigenvalue weighted by Gasteiger charge is 2.53. The summed E-state index contributed by atoms with van der Waals surface area (Å²) in [5, 5.41) is 21.7. The van der Waals surface area contributed by atoms with Gasteiger partial charge in [0.1, 0.15) is 17.1 Å². The number of anilines is 3. The number of carboxylic acids is 1. The summed E-state index contributed by atoms with van der Waals surface area (Å²) in [6.07, 6.45) is 3.43. The highest BCUT2D eigenvalue weighted by molar-refractivity contribution is 8.00. The highest BCUT2D eigenvalue weighted by atomic mass is 32.2. The Labute approximate surface area is 233 Å². The van der Waals surface area contributed by atoms with Crippen LogP contribution in [0.15, 0.2) is 51.7 Å². The number of hydrogen-bond acceptors (Lipinski definition) is 14. The van der Waals surface area contributed by atoms with Crippen LogP contribution in [0.4, 0.5) is 16.0 Å². The van der Waals surface area contributed by atoms with E-state index in [2.05, 4.69) is 20.4 Å². The Kier molecular flexibility index (Phi) is 7.36. The van der Waals surface area contributed by atoms with Crippen LogP contribution < -0.4 is 32.2 Å². The summed E-state index contributed by atoms with van der Waals surface area (Å²) < 4.78 is 1.75. The number of nitrogens with two attached hydrogens (primary N) is 3. The molecule has 2 aliphatic heterocycles. The van der Waals surface area contributed by atoms with Gasteiger partial charge in [0.2, 0.25) is 0 Å². The lowest BCUT2D eigenvalue weighted by molar-refractivity contribution is -0.689. The lowest BCUT2D eigenvalue weighted by atomic mass is 10.0. The SMILES string of the molecule is Nc1cc[n+](CC2=C(C(=O)[O-])N3C(=O)C(NC(=O)C(=NOCc4csc(N)n4)c4csc(N)n4)[C@@H]3SC2)cc1. The van der Waals surface area contributed by atoms with Crippen molar-refractivity contribution >= 4 is 73.9 Å². The molecule has 0 radical (unpaired) electrons. The maximum atomic E-state index is 13.2. The number of carbonyl (C=O) groups excluding carboxylic acids is 3. The van der Waals surface area contributed by atoms with Gasteiger partial charge in [-0.1, -0.05) is 5.16 Å². The van der Waals surface area contributed by atoms with Gasteiger partial charge in [0.05, 0.1) is 17.4 Å². The first-order valence-electron chi connectivity index (χ1n) is 11.3. The van der Waals surface area contributed by atoms with Gasteiger partial charge in [-0.25, -0.2) is 14.5 Å². The van der Waals surface area contributed by atoms with Crippen molar-refractivity contribution in [2.24, 2.45) is 5.16 Å². The van der Waals surface area contributed by atoms with Gasteiger partial charge in [-0.3, -0.25) is 14.5 Å². The van der Waals surface area contributed by atoms with E-state index in [0.29, 0.717) is 27.8 Å². The fourth-order valence-electron chi connectivity index (χ4n) is 3.95. The summed E-state index contributed by atoms with van der Waals surface area (Å²) in [6, 6.07) is 2.37. The first-order chi connectivity index (χ1) is 18.7. The summed E-state index contributed by atoms with van der Waals surface area (Å²) in [5.74, 6) is -2.49. The molecule has 0 bridgehead atoms. The second-order valence-corrected chi connectivity index (χ2v) is 11.3. The van der Waals surface area contributed by atoms with E-state index in [1.807, 2.05) is 0 Å². The highest BCUT2D eigenvalue weighted by Crippen LogP contribution is 2.40. The van der Waals surface area contributed by atoms with Crippen molar-refractivity contribution in [2.75, 3.05) is 23.0 Å². The maximum Gasteiger partial charge on any atom is 0.276 e. The number of thioether (sulfide) groups is 1. The van der Waals surface area contributed by atoms with Crippen LogP contribution in [0.2, 0.25) is 0 Å². The molecule has 7 N–H and O–H groups in total. The third-order valence-electron chi connectivity index (χ3n) is 5.73. The molecule has 202 valence electrons. The number of oxime groups is 1. The Bertz CT molecular complexity index is 1500. The van der Waals surface area contributed by atoms with E-state index in [1.54, 1.807) is 34.5 Å². The predicted molar refractivity (Wildman–Crippen MR) is 142 cm³/mol. The van der Waals surface area contributed by atoms with Gasteiger partial charge in [0.15, 0.2) is 41.5 Å². The Balaban J connectivity index is 1.32. The van der Waals surface area contributed by atoms with E-state index in [4.69, 9.17) is 22.0 Å². The van der Waals surface area contributed by atoms with Gasteiger partial charge in [0, 0.05) is 39.9 Å². The molecule has 0 saturated carbocycles. The topological polar surface area (TPSA) is 219 Å². The molecule has 2 amide bonds. The minimum atomic E-state index is -1.47. The number of nitrogen functional groups attached to an aromatic ring is 3. The molecular formula is C22H21N9O5S3. The number of hydrogen-bond donors (Lipinski definition) is 4. The molecule has 3 aromatic heterocycles. The first-order valence-corrected chi connectivity index (χ1v) is 14.1. The summed E-state index contributed by atoms with van der Waals surface area (Å²) in [6.45, 7) is 0.182. The van der Waals surface area contributed by atoms with Crippen LogP contribution in [0, 0.1) is 0 Å². The largest absolute Gasteiger partial charge is 0.543 e. The Morgan fingerprint density at radius 1 is 1.18 bits per heavy atom. The zero-order valence-electron chi connectivity index (χ0n) is 20.0. The zero-order valence-corrected chi connectivity index (χ0v) is 22.4. The number of aromatic nitrogens is 3. The quantitative estimate of drug-likeness (QED) is 0.0993. The Morgan fingerprint density at radius 2 is 1.90 bits per heavy atom. The van der Waals surface area contributed by atoms with Crippen molar-refractivity contribution in [2.45, 2.75) is 24.6 Å². The Morgan fingerprint density at radius 3 is 2.54 bits per heavy atom. The second kappa shape index (κ2) is 10.9. The molecule has 3 aromatic rings. The van der Waals surface area contributed by atoms with Crippen LogP contribution in [-0.4, -0.2) is 55.5 Å². The molecule has 5 rings (SSSR count). The van der Waals surface area contributed by atoms with Crippen molar-refractivity contribution in [3.8, 4) is 0 Å². The normalized spacial score (nSPS) is 18.9. The number of amides is 2. The Hall–Kier alpha value is -4.22. The average molecular weight is 588 g/mol. The van der Waals surface area contributed by atoms with Crippen molar-refractivity contribution in [3.63, 3.8) is 0 Å². The standard InChI is InChI=1S/C22H21N9O5S3/c23-11-1-3-30(4-2-11)5-10-7-37-19-15(18(33)31(19)16(10)20(34)35)28-17(32)14(13-9-39-22(25)27-13)29-36-6-12-8-38-21(24)26-12/h1-4,8-9,15,19,23H,5-7H2,(H6,24,25,26,27,28,32,34,35)/t15?,19-/m0/s1. The molecule has 2 aliphatic rings. The molecule has 1 fully saturated rings. The van der Waals surface area contributed by atoms with E-state index >= 15 is 0 Å². The lowest BCUT2D eigenvalue weighted by Crippen LogP contribution is -2.71. The molecule has 1 saturated heterocycles. The van der Waals surface area contributed by atoms with Crippen LogP contribution in [-0.2, 0) is 32.4 Å². The molecule has 0 aromatic carbocycles. The van der Waals surface area contributed by atoms with E-state index in [1.165, 1.54) is 28.5 Å². The van der Waals surface area contributed by atoms with Gasteiger partial charge in [0.25, 0.3) is 11.8 Å². The third-order valence-corrected chi connectivity index (χ3v) is 8.47.